The van der Waals surface area contributed by atoms with Gasteiger partial charge in [-0.2, -0.15) is 0 Å². The number of rotatable bonds is 1. The van der Waals surface area contributed by atoms with Crippen LogP contribution in [0.4, 0.5) is 5.69 Å². The first-order valence-corrected chi connectivity index (χ1v) is 5.76. The molecule has 0 aliphatic rings. The van der Waals surface area contributed by atoms with Gasteiger partial charge in [0.2, 0.25) is 0 Å². The molecule has 0 atom stereocenters. The van der Waals surface area contributed by atoms with Crippen molar-refractivity contribution in [3.05, 3.63) is 18.6 Å². The second-order valence-corrected chi connectivity index (χ2v) is 6.31. The zero-order valence-corrected chi connectivity index (χ0v) is 8.74. The fraction of sp³-hybridized carbons (Fsp3) is 0. The van der Waals surface area contributed by atoms with E-state index in [1.54, 1.807) is 5.38 Å². The van der Waals surface area contributed by atoms with Crippen molar-refractivity contribution >= 4 is 60.6 Å². The van der Waals surface area contributed by atoms with Gasteiger partial charge < -0.3 is 0 Å². The van der Waals surface area contributed by atoms with Gasteiger partial charge in [0.1, 0.15) is 11.9 Å². The number of hydrogen-bond donors (Lipinski definition) is 0. The average Bonchev–Trinajstić information content (AvgIpc) is 2.43. The molecule has 62 valence electrons. The molecule has 2 rings (SSSR count). The van der Waals surface area contributed by atoms with Gasteiger partial charge >= 0.3 is 0 Å². The lowest BCUT2D eigenvalue weighted by Gasteiger charge is -1.80. The molecule has 2 aromatic rings. The summed E-state index contributed by atoms with van der Waals surface area (Å²) in [6.07, 6.45) is 0. The summed E-state index contributed by atoms with van der Waals surface area (Å²) in [6.45, 7) is 0. The van der Waals surface area contributed by atoms with Gasteiger partial charge in [0, 0.05) is 0 Å². The Hall–Kier alpha value is -0.370. The minimum absolute atomic E-state index is 0.187. The topological polar surface area (TPSA) is 43.1 Å². The second kappa shape index (κ2) is 2.84. The molecule has 0 fully saturated rings. The first-order chi connectivity index (χ1) is 5.68. The molecular weight excluding hydrogens is 234 g/mol. The van der Waals surface area contributed by atoms with E-state index in [1.165, 1.54) is 34.0 Å². The van der Waals surface area contributed by atoms with Crippen molar-refractivity contribution in [1.29, 1.82) is 0 Å². The Morgan fingerprint density at radius 2 is 2.25 bits per heavy atom. The summed E-state index contributed by atoms with van der Waals surface area (Å²) in [4.78, 5) is 10.1. The average molecular weight is 235 g/mol. The number of thiophene rings is 1. The molecular formula is C5HNO2S4. The van der Waals surface area contributed by atoms with Crippen molar-refractivity contribution in [2.45, 2.75) is 0 Å². The van der Waals surface area contributed by atoms with E-state index < -0.39 is 0 Å². The van der Waals surface area contributed by atoms with Crippen LogP contribution in [0.25, 0.3) is 8.71 Å². The maximum absolute atomic E-state index is 10.5. The Morgan fingerprint density at radius 1 is 1.50 bits per heavy atom. The molecule has 0 N–H and O–H groups in total. The minimum Gasteiger partial charge on any atom is -0.258 e. The Balaban J connectivity index is 2.85. The third-order valence-corrected chi connectivity index (χ3v) is 5.15. The van der Waals surface area contributed by atoms with Crippen LogP contribution in [-0.4, -0.2) is 4.92 Å². The molecule has 2 aromatic heterocycles. The van der Waals surface area contributed by atoms with Crippen LogP contribution in [0.5, 0.6) is 0 Å². The van der Waals surface area contributed by atoms with Crippen molar-refractivity contribution in [3.63, 3.8) is 0 Å². The molecule has 0 radical (unpaired) electrons. The van der Waals surface area contributed by atoms with Crippen molar-refractivity contribution < 1.29 is 4.92 Å². The third-order valence-electron chi connectivity index (χ3n) is 1.25. The van der Waals surface area contributed by atoms with Gasteiger partial charge in [-0.3, -0.25) is 10.1 Å². The highest BCUT2D eigenvalue weighted by Crippen LogP contribution is 2.39. The molecule has 0 aliphatic carbocycles. The molecule has 12 heavy (non-hydrogen) atoms. The summed E-state index contributed by atoms with van der Waals surface area (Å²) in [5.41, 5.74) is 0.187. The van der Waals surface area contributed by atoms with E-state index in [0.29, 0.717) is 0 Å². The summed E-state index contributed by atoms with van der Waals surface area (Å²) in [5, 5.41) is 12.0. The zero-order valence-electron chi connectivity index (χ0n) is 5.47. The molecule has 2 heterocycles. The molecule has 0 aliphatic heterocycles. The number of nitrogens with zero attached hydrogens (tertiary/aromatic N) is 1. The van der Waals surface area contributed by atoms with E-state index in [9.17, 15) is 10.1 Å². The van der Waals surface area contributed by atoms with Gasteiger partial charge in [-0.15, -0.1) is 34.0 Å². The Bertz CT molecular complexity index is 493. The second-order valence-electron chi connectivity index (χ2n) is 1.95. The van der Waals surface area contributed by atoms with Crippen LogP contribution in [0, 0.1) is 13.3 Å². The molecule has 3 nitrogen and oxygen atoms in total. The van der Waals surface area contributed by atoms with Crippen molar-refractivity contribution in [2.24, 2.45) is 0 Å². The summed E-state index contributed by atoms with van der Waals surface area (Å²) in [6, 6.07) is 0. The minimum atomic E-state index is -0.364. The van der Waals surface area contributed by atoms with Crippen LogP contribution in [0.2, 0.25) is 0 Å². The maximum atomic E-state index is 10.5. The Morgan fingerprint density at radius 3 is 2.92 bits per heavy atom. The largest absolute Gasteiger partial charge is 0.298 e. The summed E-state index contributed by atoms with van der Waals surface area (Å²) < 4.78 is 2.43. The monoisotopic (exact) mass is 235 g/mol. The van der Waals surface area contributed by atoms with Crippen molar-refractivity contribution in [2.75, 3.05) is 0 Å². The SMILES string of the molecule is O=[N+]([O-])c1csc2sc(=S)sc12. The van der Waals surface area contributed by atoms with Gasteiger partial charge in [-0.1, -0.05) is 12.2 Å². The van der Waals surface area contributed by atoms with E-state index in [1.807, 2.05) is 0 Å². The highest BCUT2D eigenvalue weighted by Gasteiger charge is 2.16. The first-order valence-electron chi connectivity index (χ1n) is 2.84. The zero-order chi connectivity index (χ0) is 8.72. The Kier molecular flexibility index (Phi) is 1.95. The molecule has 0 saturated heterocycles. The van der Waals surface area contributed by atoms with E-state index in [-0.39, 0.29) is 10.6 Å². The molecule has 0 saturated carbocycles. The lowest BCUT2D eigenvalue weighted by molar-refractivity contribution is -0.382. The highest BCUT2D eigenvalue weighted by molar-refractivity contribution is 7.77. The first kappa shape index (κ1) is 8.24. The number of nitro groups is 1. The van der Waals surface area contributed by atoms with Gasteiger partial charge in [-0.25, -0.2) is 0 Å². The lowest BCUT2D eigenvalue weighted by Crippen LogP contribution is -1.82. The quantitative estimate of drug-likeness (QED) is 0.430. The van der Waals surface area contributed by atoms with E-state index >= 15 is 0 Å². The fourth-order valence-electron chi connectivity index (χ4n) is 0.791. The van der Waals surface area contributed by atoms with Crippen molar-refractivity contribution in [1.82, 2.24) is 0 Å². The lowest BCUT2D eigenvalue weighted by atomic mass is 10.6. The predicted molar refractivity (Wildman–Crippen MR) is 55.1 cm³/mol. The van der Waals surface area contributed by atoms with E-state index in [2.05, 4.69) is 0 Å². The van der Waals surface area contributed by atoms with Crippen LogP contribution in [0.15, 0.2) is 5.38 Å². The molecule has 0 unspecified atom stereocenters. The van der Waals surface area contributed by atoms with Crippen LogP contribution >= 0.6 is 46.2 Å². The summed E-state index contributed by atoms with van der Waals surface area (Å²) in [5.74, 6) is 0. The fourth-order valence-corrected chi connectivity index (χ4v) is 4.93. The van der Waals surface area contributed by atoms with Crippen LogP contribution in [0.1, 0.15) is 0 Å². The van der Waals surface area contributed by atoms with Crippen LogP contribution in [0.3, 0.4) is 0 Å². The maximum Gasteiger partial charge on any atom is 0.298 e. The number of hydrogen-bond acceptors (Lipinski definition) is 6. The van der Waals surface area contributed by atoms with Gasteiger partial charge in [0.15, 0.2) is 0 Å². The molecule has 0 amide bonds. The van der Waals surface area contributed by atoms with Gasteiger partial charge in [-0.05, 0) is 0 Å². The normalized spacial score (nSPS) is 10.7. The molecule has 0 spiro atoms. The van der Waals surface area contributed by atoms with Gasteiger partial charge in [0.25, 0.3) is 5.69 Å². The standard InChI is InChI=1S/C5HNO2S4/c7-6(8)2-1-10-4-3(2)11-5(9)12-4/h1H. The molecule has 0 aromatic carbocycles. The highest BCUT2D eigenvalue weighted by atomic mass is 32.2. The van der Waals surface area contributed by atoms with Crippen LogP contribution < -0.4 is 0 Å². The van der Waals surface area contributed by atoms with E-state index in [0.717, 1.165) is 11.9 Å². The number of fused-ring (bicyclic) bond motifs is 1. The summed E-state index contributed by atoms with van der Waals surface area (Å²) in [7, 11) is 0. The van der Waals surface area contributed by atoms with Crippen molar-refractivity contribution in [3.8, 4) is 0 Å². The third kappa shape index (κ3) is 1.18. The Labute approximate surface area is 84.1 Å². The smallest absolute Gasteiger partial charge is 0.258 e. The summed E-state index contributed by atoms with van der Waals surface area (Å²) >= 11 is 9.07. The van der Waals surface area contributed by atoms with Gasteiger partial charge in [0.05, 0.1) is 10.3 Å². The van der Waals surface area contributed by atoms with E-state index in [4.69, 9.17) is 12.2 Å². The molecule has 7 heteroatoms. The molecule has 0 bridgehead atoms. The van der Waals surface area contributed by atoms with Crippen LogP contribution in [-0.2, 0) is 0 Å². The predicted octanol–water partition coefficient (Wildman–Crippen LogP) is 3.66.